The van der Waals surface area contributed by atoms with Gasteiger partial charge < -0.3 is 4.74 Å². The molecule has 24 heavy (non-hydrogen) atoms. The molecular weight excluding hydrogens is 324 g/mol. The van der Waals surface area contributed by atoms with Crippen molar-refractivity contribution < 1.29 is 22.3 Å². The van der Waals surface area contributed by atoms with Crippen molar-refractivity contribution in [1.29, 1.82) is 5.26 Å². The molecule has 0 N–H and O–H groups in total. The molecule has 0 unspecified atom stereocenters. The summed E-state index contributed by atoms with van der Waals surface area (Å²) in [5.74, 6) is -0.444. The van der Waals surface area contributed by atoms with E-state index in [2.05, 4.69) is 4.98 Å². The van der Waals surface area contributed by atoms with E-state index < -0.39 is 17.7 Å². The summed E-state index contributed by atoms with van der Waals surface area (Å²) >= 11 is 0. The van der Waals surface area contributed by atoms with E-state index in [0.717, 1.165) is 18.2 Å². The average Bonchev–Trinajstić information content (AvgIpc) is 2.55. The Kier molecular flexibility index (Phi) is 3.81. The molecule has 0 saturated carbocycles. The van der Waals surface area contributed by atoms with Gasteiger partial charge in [-0.25, -0.2) is 9.37 Å². The highest BCUT2D eigenvalue weighted by Gasteiger charge is 2.34. The Labute approximate surface area is 133 Å². The second-order valence-corrected chi connectivity index (χ2v) is 4.87. The Morgan fingerprint density at radius 3 is 2.38 bits per heavy atom. The molecule has 0 aliphatic carbocycles. The van der Waals surface area contributed by atoms with Crippen molar-refractivity contribution in [3.05, 3.63) is 65.6 Å². The lowest BCUT2D eigenvalue weighted by Gasteiger charge is -2.13. The van der Waals surface area contributed by atoms with Gasteiger partial charge in [0, 0.05) is 11.5 Å². The predicted octanol–water partition coefficient (Wildman–Crippen LogP) is 5.06. The second-order valence-electron chi connectivity index (χ2n) is 4.87. The number of rotatable bonds is 2. The SMILES string of the molecule is N#Cc1cccc2c(Oc3ccc(F)cc3)cc(C(F)(F)F)nc12. The Hall–Kier alpha value is -3.14. The summed E-state index contributed by atoms with van der Waals surface area (Å²) in [4.78, 5) is 3.55. The minimum Gasteiger partial charge on any atom is -0.457 e. The van der Waals surface area contributed by atoms with Crippen molar-refractivity contribution in [3.63, 3.8) is 0 Å². The van der Waals surface area contributed by atoms with E-state index in [-0.39, 0.29) is 28.0 Å². The quantitative estimate of drug-likeness (QED) is 0.617. The summed E-state index contributed by atoms with van der Waals surface area (Å²) in [7, 11) is 0. The maximum atomic E-state index is 13.1. The molecule has 0 bridgehead atoms. The maximum absolute atomic E-state index is 13.1. The fourth-order valence-electron chi connectivity index (χ4n) is 2.17. The number of halogens is 4. The lowest BCUT2D eigenvalue weighted by atomic mass is 10.1. The van der Waals surface area contributed by atoms with Gasteiger partial charge in [-0.1, -0.05) is 6.07 Å². The molecule has 0 radical (unpaired) electrons. The third-order valence-corrected chi connectivity index (χ3v) is 3.25. The molecule has 0 fully saturated rings. The highest BCUT2D eigenvalue weighted by molar-refractivity contribution is 5.89. The molecule has 3 aromatic rings. The summed E-state index contributed by atoms with van der Waals surface area (Å²) < 4.78 is 57.6. The lowest BCUT2D eigenvalue weighted by Crippen LogP contribution is -2.09. The first-order valence-electron chi connectivity index (χ1n) is 6.73. The van der Waals surface area contributed by atoms with E-state index in [1.807, 2.05) is 6.07 Å². The van der Waals surface area contributed by atoms with Crippen molar-refractivity contribution in [3.8, 4) is 17.6 Å². The van der Waals surface area contributed by atoms with Crippen LogP contribution in [0.4, 0.5) is 17.6 Å². The van der Waals surface area contributed by atoms with Crippen LogP contribution in [0.1, 0.15) is 11.3 Å². The van der Waals surface area contributed by atoms with Crippen LogP contribution >= 0.6 is 0 Å². The van der Waals surface area contributed by atoms with Gasteiger partial charge in [-0.05, 0) is 36.4 Å². The van der Waals surface area contributed by atoms with E-state index in [0.29, 0.717) is 0 Å². The van der Waals surface area contributed by atoms with Crippen LogP contribution in [-0.2, 0) is 6.18 Å². The Morgan fingerprint density at radius 2 is 1.75 bits per heavy atom. The molecule has 0 spiro atoms. The van der Waals surface area contributed by atoms with E-state index >= 15 is 0 Å². The molecule has 0 aliphatic heterocycles. The topological polar surface area (TPSA) is 45.9 Å². The van der Waals surface area contributed by atoms with Crippen LogP contribution in [0.3, 0.4) is 0 Å². The summed E-state index contributed by atoms with van der Waals surface area (Å²) in [5.41, 5.74) is -1.27. The second kappa shape index (κ2) is 5.81. The molecule has 7 heteroatoms. The highest BCUT2D eigenvalue weighted by atomic mass is 19.4. The predicted molar refractivity (Wildman–Crippen MR) is 77.9 cm³/mol. The number of pyridine rings is 1. The Morgan fingerprint density at radius 1 is 1.04 bits per heavy atom. The zero-order valence-electron chi connectivity index (χ0n) is 11.9. The molecular formula is C17H8F4N2O. The van der Waals surface area contributed by atoms with Gasteiger partial charge in [0.05, 0.1) is 11.1 Å². The van der Waals surface area contributed by atoms with Crippen LogP contribution in [0.5, 0.6) is 11.5 Å². The zero-order chi connectivity index (χ0) is 17.3. The molecule has 0 atom stereocenters. The van der Waals surface area contributed by atoms with Crippen molar-refractivity contribution in [2.24, 2.45) is 0 Å². The minimum absolute atomic E-state index is 0.00237. The standard InChI is InChI=1S/C17H8F4N2O/c18-11-4-6-12(7-5-11)24-14-8-15(17(19,20)21)23-16-10(9-22)2-1-3-13(14)16/h1-8H. The van der Waals surface area contributed by atoms with Gasteiger partial charge in [-0.3, -0.25) is 0 Å². The number of nitrogens with zero attached hydrogens (tertiary/aromatic N) is 2. The van der Waals surface area contributed by atoms with Gasteiger partial charge in [0.25, 0.3) is 0 Å². The zero-order valence-corrected chi connectivity index (χ0v) is 11.9. The van der Waals surface area contributed by atoms with E-state index in [9.17, 15) is 17.6 Å². The van der Waals surface area contributed by atoms with E-state index in [1.165, 1.54) is 30.3 Å². The number of fused-ring (bicyclic) bond motifs is 1. The molecule has 3 nitrogen and oxygen atoms in total. The normalized spacial score (nSPS) is 11.3. The smallest absolute Gasteiger partial charge is 0.433 e. The number of hydrogen-bond acceptors (Lipinski definition) is 3. The largest absolute Gasteiger partial charge is 0.457 e. The Bertz CT molecular complexity index is 944. The summed E-state index contributed by atoms with van der Waals surface area (Å²) in [6.07, 6.45) is -4.70. The van der Waals surface area contributed by atoms with E-state index in [4.69, 9.17) is 10.00 Å². The van der Waals surface area contributed by atoms with Crippen LogP contribution < -0.4 is 4.74 Å². The van der Waals surface area contributed by atoms with Crippen LogP contribution in [0.2, 0.25) is 0 Å². The first-order valence-corrected chi connectivity index (χ1v) is 6.73. The van der Waals surface area contributed by atoms with Crippen LogP contribution in [0, 0.1) is 17.1 Å². The van der Waals surface area contributed by atoms with Crippen LogP contribution in [0.25, 0.3) is 10.9 Å². The number of benzene rings is 2. The lowest BCUT2D eigenvalue weighted by molar-refractivity contribution is -0.141. The molecule has 3 rings (SSSR count). The first kappa shape index (κ1) is 15.7. The number of hydrogen-bond donors (Lipinski definition) is 0. The van der Waals surface area contributed by atoms with Crippen molar-refractivity contribution in [2.45, 2.75) is 6.18 Å². The molecule has 0 amide bonds. The Balaban J connectivity index is 2.21. The fourth-order valence-corrected chi connectivity index (χ4v) is 2.17. The summed E-state index contributed by atoms with van der Waals surface area (Å²) in [6.45, 7) is 0. The van der Waals surface area contributed by atoms with Gasteiger partial charge in [0.2, 0.25) is 0 Å². The number of nitriles is 1. The van der Waals surface area contributed by atoms with Gasteiger partial charge in [-0.2, -0.15) is 18.4 Å². The number of aromatic nitrogens is 1. The van der Waals surface area contributed by atoms with E-state index in [1.54, 1.807) is 0 Å². The van der Waals surface area contributed by atoms with Gasteiger partial charge >= 0.3 is 6.18 Å². The third-order valence-electron chi connectivity index (χ3n) is 3.25. The fraction of sp³-hybridized carbons (Fsp3) is 0.0588. The number of alkyl halides is 3. The molecule has 2 aromatic carbocycles. The number of para-hydroxylation sites is 1. The van der Waals surface area contributed by atoms with Crippen LogP contribution in [0.15, 0.2) is 48.5 Å². The highest BCUT2D eigenvalue weighted by Crippen LogP contribution is 2.36. The molecule has 120 valence electrons. The molecule has 0 aliphatic rings. The van der Waals surface area contributed by atoms with Gasteiger partial charge in [-0.15, -0.1) is 0 Å². The average molecular weight is 332 g/mol. The monoisotopic (exact) mass is 332 g/mol. The third kappa shape index (κ3) is 2.99. The van der Waals surface area contributed by atoms with Crippen molar-refractivity contribution in [1.82, 2.24) is 4.98 Å². The minimum atomic E-state index is -4.70. The van der Waals surface area contributed by atoms with Gasteiger partial charge in [0.1, 0.15) is 29.1 Å². The number of ether oxygens (including phenoxy) is 1. The van der Waals surface area contributed by atoms with Crippen LogP contribution in [-0.4, -0.2) is 4.98 Å². The molecule has 1 heterocycles. The first-order chi connectivity index (χ1) is 11.4. The summed E-state index contributed by atoms with van der Waals surface area (Å²) in [6, 6.07) is 11.8. The van der Waals surface area contributed by atoms with Crippen molar-refractivity contribution in [2.75, 3.05) is 0 Å². The molecule has 0 saturated heterocycles. The maximum Gasteiger partial charge on any atom is 0.433 e. The van der Waals surface area contributed by atoms with Gasteiger partial charge in [0.15, 0.2) is 0 Å². The molecule has 1 aromatic heterocycles. The van der Waals surface area contributed by atoms with Crippen molar-refractivity contribution >= 4 is 10.9 Å². The summed E-state index contributed by atoms with van der Waals surface area (Å²) in [5, 5.41) is 9.34.